The van der Waals surface area contributed by atoms with Crippen LogP contribution in [0.1, 0.15) is 12.0 Å². The Morgan fingerprint density at radius 1 is 0.889 bits per heavy atom. The van der Waals surface area contributed by atoms with Gasteiger partial charge in [0.05, 0.1) is 5.71 Å². The lowest BCUT2D eigenvalue weighted by Gasteiger charge is -2.10. The van der Waals surface area contributed by atoms with Crippen molar-refractivity contribution >= 4 is 17.3 Å². The first kappa shape index (κ1) is 17.0. The summed E-state index contributed by atoms with van der Waals surface area (Å²) in [5.41, 5.74) is 4.27. The molecule has 3 aromatic carbocycles. The summed E-state index contributed by atoms with van der Waals surface area (Å²) in [6.45, 7) is 0. The summed E-state index contributed by atoms with van der Waals surface area (Å²) in [6.07, 6.45) is -0.349. The highest BCUT2D eigenvalue weighted by molar-refractivity contribution is 6.06. The predicted molar refractivity (Wildman–Crippen MR) is 103 cm³/mol. The second kappa shape index (κ2) is 7.41. The van der Waals surface area contributed by atoms with E-state index in [4.69, 9.17) is 4.84 Å². The maximum absolute atomic E-state index is 13.0. The smallest absolute Gasteiger partial charge is 0.268 e. The third-order valence-electron chi connectivity index (χ3n) is 4.40. The summed E-state index contributed by atoms with van der Waals surface area (Å²) in [7, 11) is 0. The normalized spacial score (nSPS) is 15.7. The van der Waals surface area contributed by atoms with Crippen LogP contribution < -0.4 is 5.32 Å². The molecule has 134 valence electrons. The van der Waals surface area contributed by atoms with Crippen LogP contribution in [0.25, 0.3) is 11.1 Å². The summed E-state index contributed by atoms with van der Waals surface area (Å²) in [6, 6.07) is 23.6. The predicted octanol–water partition coefficient (Wildman–Crippen LogP) is 4.62. The Balaban J connectivity index is 1.38. The van der Waals surface area contributed by atoms with Gasteiger partial charge in [0.1, 0.15) is 5.82 Å². The third-order valence-corrected chi connectivity index (χ3v) is 4.40. The monoisotopic (exact) mass is 360 g/mol. The SMILES string of the molecule is O=C(Nc1ccc(-c2ccccc2)cc1)C1CC(c2ccc(F)cc2)=NO1. The zero-order chi connectivity index (χ0) is 18.6. The maximum Gasteiger partial charge on any atom is 0.268 e. The van der Waals surface area contributed by atoms with Crippen LogP contribution in [0.3, 0.4) is 0 Å². The van der Waals surface area contributed by atoms with Gasteiger partial charge in [0, 0.05) is 12.1 Å². The second-order valence-corrected chi connectivity index (χ2v) is 6.28. The highest BCUT2D eigenvalue weighted by atomic mass is 19.1. The molecule has 0 saturated heterocycles. The van der Waals surface area contributed by atoms with E-state index >= 15 is 0 Å². The molecule has 0 saturated carbocycles. The van der Waals surface area contributed by atoms with E-state index < -0.39 is 6.10 Å². The van der Waals surface area contributed by atoms with Gasteiger partial charge in [-0.05, 0) is 41.0 Å². The topological polar surface area (TPSA) is 50.7 Å². The Morgan fingerprint density at radius 2 is 1.52 bits per heavy atom. The van der Waals surface area contributed by atoms with Gasteiger partial charge in [0.2, 0.25) is 6.10 Å². The lowest BCUT2D eigenvalue weighted by Crippen LogP contribution is -2.28. The van der Waals surface area contributed by atoms with E-state index in [1.807, 2.05) is 54.6 Å². The fourth-order valence-corrected chi connectivity index (χ4v) is 2.93. The van der Waals surface area contributed by atoms with Crippen molar-refractivity contribution in [1.29, 1.82) is 0 Å². The highest BCUT2D eigenvalue weighted by Crippen LogP contribution is 2.22. The molecule has 3 aromatic rings. The number of halogens is 1. The van der Waals surface area contributed by atoms with Crippen molar-refractivity contribution in [2.24, 2.45) is 5.16 Å². The number of benzene rings is 3. The molecular formula is C22H17FN2O2. The van der Waals surface area contributed by atoms with Gasteiger partial charge in [-0.1, -0.05) is 59.8 Å². The molecule has 4 nitrogen and oxygen atoms in total. The molecule has 0 aromatic heterocycles. The van der Waals surface area contributed by atoms with Gasteiger partial charge < -0.3 is 10.2 Å². The molecule has 1 heterocycles. The van der Waals surface area contributed by atoms with Crippen LogP contribution in [0.2, 0.25) is 0 Å². The fourth-order valence-electron chi connectivity index (χ4n) is 2.93. The number of nitrogens with one attached hydrogen (secondary N) is 1. The molecule has 27 heavy (non-hydrogen) atoms. The van der Waals surface area contributed by atoms with Crippen molar-refractivity contribution in [3.05, 3.63) is 90.2 Å². The summed E-state index contributed by atoms with van der Waals surface area (Å²) in [5.74, 6) is -0.574. The minimum Gasteiger partial charge on any atom is -0.382 e. The van der Waals surface area contributed by atoms with Crippen LogP contribution >= 0.6 is 0 Å². The van der Waals surface area contributed by atoms with Crippen molar-refractivity contribution in [3.8, 4) is 11.1 Å². The standard InChI is InChI=1S/C22H17FN2O2/c23-18-10-6-17(7-11-18)20-14-21(27-25-20)22(26)24-19-12-8-16(9-13-19)15-4-2-1-3-5-15/h1-13,21H,14H2,(H,24,26). The second-order valence-electron chi connectivity index (χ2n) is 6.28. The number of rotatable bonds is 4. The van der Waals surface area contributed by atoms with Gasteiger partial charge >= 0.3 is 0 Å². The molecule has 0 radical (unpaired) electrons. The van der Waals surface area contributed by atoms with E-state index in [1.54, 1.807) is 12.1 Å². The van der Waals surface area contributed by atoms with E-state index in [1.165, 1.54) is 12.1 Å². The Morgan fingerprint density at radius 3 is 2.22 bits per heavy atom. The number of carbonyl (C=O) groups is 1. The van der Waals surface area contributed by atoms with Crippen LogP contribution in [0.4, 0.5) is 10.1 Å². The number of hydrogen-bond donors (Lipinski definition) is 1. The van der Waals surface area contributed by atoms with E-state index in [9.17, 15) is 9.18 Å². The highest BCUT2D eigenvalue weighted by Gasteiger charge is 2.28. The molecule has 0 fully saturated rings. The van der Waals surface area contributed by atoms with Gasteiger partial charge in [-0.2, -0.15) is 0 Å². The zero-order valence-electron chi connectivity index (χ0n) is 14.4. The number of carbonyl (C=O) groups excluding carboxylic acids is 1. The molecule has 1 N–H and O–H groups in total. The Bertz CT molecular complexity index is 967. The van der Waals surface area contributed by atoms with E-state index in [0.29, 0.717) is 17.8 Å². The van der Waals surface area contributed by atoms with Crippen molar-refractivity contribution in [3.63, 3.8) is 0 Å². The summed E-state index contributed by atoms with van der Waals surface area (Å²) < 4.78 is 13.0. The van der Waals surface area contributed by atoms with Gasteiger partial charge in [0.15, 0.2) is 0 Å². The van der Waals surface area contributed by atoms with Crippen molar-refractivity contribution in [2.75, 3.05) is 5.32 Å². The molecule has 0 aliphatic carbocycles. The average molecular weight is 360 g/mol. The third kappa shape index (κ3) is 3.87. The van der Waals surface area contributed by atoms with E-state index in [2.05, 4.69) is 10.5 Å². The zero-order valence-corrected chi connectivity index (χ0v) is 14.4. The van der Waals surface area contributed by atoms with Crippen molar-refractivity contribution < 1.29 is 14.0 Å². The van der Waals surface area contributed by atoms with E-state index in [0.717, 1.165) is 16.7 Å². The minimum absolute atomic E-state index is 0.261. The Hall–Kier alpha value is -3.47. The molecule has 1 atom stereocenters. The minimum atomic E-state index is -0.696. The molecule has 1 unspecified atom stereocenters. The Kier molecular flexibility index (Phi) is 4.66. The van der Waals surface area contributed by atoms with Crippen LogP contribution in [-0.2, 0) is 9.63 Å². The summed E-state index contributed by atoms with van der Waals surface area (Å²) >= 11 is 0. The lowest BCUT2D eigenvalue weighted by molar-refractivity contribution is -0.125. The number of anilines is 1. The molecule has 0 bridgehead atoms. The van der Waals surface area contributed by atoms with Crippen molar-refractivity contribution in [1.82, 2.24) is 0 Å². The van der Waals surface area contributed by atoms with Crippen LogP contribution in [0.15, 0.2) is 84.0 Å². The van der Waals surface area contributed by atoms with Crippen molar-refractivity contribution in [2.45, 2.75) is 12.5 Å². The summed E-state index contributed by atoms with van der Waals surface area (Å²) in [5, 5.41) is 6.81. The first-order chi connectivity index (χ1) is 13.2. The first-order valence-corrected chi connectivity index (χ1v) is 8.64. The van der Waals surface area contributed by atoms with E-state index in [-0.39, 0.29) is 11.7 Å². The first-order valence-electron chi connectivity index (χ1n) is 8.64. The van der Waals surface area contributed by atoms with Crippen LogP contribution in [0.5, 0.6) is 0 Å². The van der Waals surface area contributed by atoms with Crippen LogP contribution in [-0.4, -0.2) is 17.7 Å². The number of oxime groups is 1. The molecule has 1 aliphatic rings. The van der Waals surface area contributed by atoms with Crippen LogP contribution in [0, 0.1) is 5.82 Å². The number of hydrogen-bond acceptors (Lipinski definition) is 3. The summed E-state index contributed by atoms with van der Waals surface area (Å²) in [4.78, 5) is 17.7. The maximum atomic E-state index is 13.0. The molecule has 0 spiro atoms. The lowest BCUT2D eigenvalue weighted by atomic mass is 10.0. The number of amides is 1. The molecule has 1 amide bonds. The Labute approximate surface area is 156 Å². The van der Waals surface area contributed by atoms with Gasteiger partial charge in [0.25, 0.3) is 5.91 Å². The quantitative estimate of drug-likeness (QED) is 0.738. The largest absolute Gasteiger partial charge is 0.382 e. The molecule has 4 rings (SSSR count). The van der Waals surface area contributed by atoms with Gasteiger partial charge in [-0.3, -0.25) is 4.79 Å². The molecular weight excluding hydrogens is 343 g/mol. The average Bonchev–Trinajstić information content (AvgIpc) is 3.20. The molecule has 1 aliphatic heterocycles. The number of nitrogens with zero attached hydrogens (tertiary/aromatic N) is 1. The fraction of sp³-hybridized carbons (Fsp3) is 0.0909. The van der Waals surface area contributed by atoms with Gasteiger partial charge in [-0.15, -0.1) is 0 Å². The molecule has 5 heteroatoms. The van der Waals surface area contributed by atoms with Gasteiger partial charge in [-0.25, -0.2) is 4.39 Å².